The Balaban J connectivity index is 1.13. The molecular formula is C28H37N7O2. The normalized spacial score (nSPS) is 19.9. The second kappa shape index (κ2) is 8.79. The van der Waals surface area contributed by atoms with E-state index < -0.39 is 5.60 Å². The number of benzene rings is 1. The van der Waals surface area contributed by atoms with Crippen LogP contribution in [0.2, 0.25) is 0 Å². The van der Waals surface area contributed by atoms with Gasteiger partial charge in [-0.25, -0.2) is 9.97 Å². The first-order valence-electron chi connectivity index (χ1n) is 13.2. The van der Waals surface area contributed by atoms with Crippen molar-refractivity contribution in [2.45, 2.75) is 58.2 Å². The number of β-amino-alcohol motifs (C(OH)–C–C–N with tert-alkyl or cyclic N) is 1. The number of likely N-dealkylation sites (tertiary alicyclic amines) is 1. The van der Waals surface area contributed by atoms with Crippen molar-refractivity contribution < 1.29 is 9.84 Å². The molecule has 6 rings (SSSR count). The maximum Gasteiger partial charge on any atom is 0.263 e. The number of ether oxygens (including phenoxy) is 1. The fourth-order valence-corrected chi connectivity index (χ4v) is 6.44. The van der Waals surface area contributed by atoms with E-state index in [1.807, 2.05) is 24.7 Å². The standard InChI is InChI=1S/C28H37N7O2/c1-18-7-19(8-20-13-33(4)6-5-23(18)20)24-12-30-25(29)26(32-24)37-22-11-31-35(14-22)21-9-28(10-21)16-34(17-28)15-27(2,3)36/h7-8,11-12,14,21,36H,5-6,9-10,13,15-17H2,1-4H3,(H2,29,30). The molecule has 0 atom stereocenters. The van der Waals surface area contributed by atoms with E-state index >= 15 is 0 Å². The highest BCUT2D eigenvalue weighted by Gasteiger charge is 2.53. The lowest BCUT2D eigenvalue weighted by molar-refractivity contribution is -0.115. The fourth-order valence-electron chi connectivity index (χ4n) is 6.44. The third kappa shape index (κ3) is 4.83. The molecule has 1 saturated heterocycles. The quantitative estimate of drug-likeness (QED) is 0.527. The number of aliphatic hydroxyl groups is 1. The molecule has 37 heavy (non-hydrogen) atoms. The van der Waals surface area contributed by atoms with Crippen LogP contribution >= 0.6 is 0 Å². The zero-order chi connectivity index (χ0) is 25.9. The summed E-state index contributed by atoms with van der Waals surface area (Å²) in [6.45, 7) is 10.8. The Hall–Kier alpha value is -3.01. The van der Waals surface area contributed by atoms with Gasteiger partial charge in [0.2, 0.25) is 0 Å². The van der Waals surface area contributed by atoms with Crippen LogP contribution in [0.1, 0.15) is 49.4 Å². The molecule has 2 aliphatic heterocycles. The highest BCUT2D eigenvalue weighted by molar-refractivity contribution is 5.64. The Morgan fingerprint density at radius 3 is 2.76 bits per heavy atom. The van der Waals surface area contributed by atoms with E-state index in [2.05, 4.69) is 46.0 Å². The van der Waals surface area contributed by atoms with Gasteiger partial charge >= 0.3 is 0 Å². The average molecular weight is 504 g/mol. The van der Waals surface area contributed by atoms with Crippen LogP contribution in [-0.4, -0.2) is 73.5 Å². The molecule has 4 heterocycles. The lowest BCUT2D eigenvalue weighted by atomic mass is 9.60. The maximum atomic E-state index is 10.0. The number of aromatic nitrogens is 4. The van der Waals surface area contributed by atoms with Gasteiger partial charge in [0.15, 0.2) is 11.6 Å². The Labute approximate surface area is 218 Å². The largest absolute Gasteiger partial charge is 0.433 e. The summed E-state index contributed by atoms with van der Waals surface area (Å²) in [7, 11) is 2.16. The third-order valence-corrected chi connectivity index (χ3v) is 8.04. The second-order valence-electron chi connectivity index (χ2n) is 12.1. The van der Waals surface area contributed by atoms with E-state index in [0.717, 1.165) is 63.2 Å². The van der Waals surface area contributed by atoms with Crippen LogP contribution in [0, 0.1) is 12.3 Å². The third-order valence-electron chi connectivity index (χ3n) is 8.04. The van der Waals surface area contributed by atoms with Gasteiger partial charge < -0.3 is 20.5 Å². The Kier molecular flexibility index (Phi) is 5.78. The molecule has 3 N–H and O–H groups in total. The highest BCUT2D eigenvalue weighted by Crippen LogP contribution is 2.54. The fraction of sp³-hybridized carbons (Fsp3) is 0.536. The van der Waals surface area contributed by atoms with E-state index in [1.165, 1.54) is 16.7 Å². The number of hydrogen-bond acceptors (Lipinski definition) is 8. The number of fused-ring (bicyclic) bond motifs is 1. The predicted octanol–water partition coefficient (Wildman–Crippen LogP) is 3.42. The summed E-state index contributed by atoms with van der Waals surface area (Å²) >= 11 is 0. The molecular weight excluding hydrogens is 466 g/mol. The number of nitrogens with zero attached hydrogens (tertiary/aromatic N) is 6. The van der Waals surface area contributed by atoms with Crippen molar-refractivity contribution in [3.8, 4) is 22.9 Å². The number of likely N-dealkylation sites (N-methyl/N-ethyl adjacent to an activating group) is 1. The number of anilines is 1. The first-order valence-corrected chi connectivity index (χ1v) is 13.2. The molecule has 196 valence electrons. The summed E-state index contributed by atoms with van der Waals surface area (Å²) in [5, 5.41) is 14.6. The molecule has 9 nitrogen and oxygen atoms in total. The molecule has 3 aliphatic rings. The first-order chi connectivity index (χ1) is 17.6. The average Bonchev–Trinajstić information content (AvgIpc) is 3.22. The Morgan fingerprint density at radius 2 is 2.00 bits per heavy atom. The SMILES string of the molecule is Cc1cc(-c2cnc(N)c(Oc3cnn(C4CC5(C4)CN(CC(C)(C)O)C5)c3)n2)cc2c1CCN(C)C2. The lowest BCUT2D eigenvalue weighted by Gasteiger charge is -2.59. The van der Waals surface area contributed by atoms with Crippen molar-refractivity contribution in [3.63, 3.8) is 0 Å². The zero-order valence-electron chi connectivity index (χ0n) is 22.2. The van der Waals surface area contributed by atoms with Crippen LogP contribution in [0.5, 0.6) is 11.6 Å². The van der Waals surface area contributed by atoms with Gasteiger partial charge in [-0.1, -0.05) is 0 Å². The molecule has 0 unspecified atom stereocenters. The highest BCUT2D eigenvalue weighted by atomic mass is 16.5. The van der Waals surface area contributed by atoms with Gasteiger partial charge in [-0.05, 0) is 81.3 Å². The maximum absolute atomic E-state index is 10.0. The Bertz CT molecular complexity index is 1310. The summed E-state index contributed by atoms with van der Waals surface area (Å²) in [5.74, 6) is 1.17. The predicted molar refractivity (Wildman–Crippen MR) is 142 cm³/mol. The smallest absolute Gasteiger partial charge is 0.263 e. The Morgan fingerprint density at radius 1 is 1.22 bits per heavy atom. The van der Waals surface area contributed by atoms with E-state index in [0.29, 0.717) is 23.1 Å². The van der Waals surface area contributed by atoms with E-state index in [1.54, 1.807) is 12.4 Å². The minimum atomic E-state index is -0.642. The number of rotatable bonds is 6. The molecule has 2 fully saturated rings. The van der Waals surface area contributed by atoms with Crippen LogP contribution in [-0.2, 0) is 13.0 Å². The van der Waals surface area contributed by atoms with E-state index in [9.17, 15) is 5.11 Å². The summed E-state index contributed by atoms with van der Waals surface area (Å²) in [4.78, 5) is 13.8. The van der Waals surface area contributed by atoms with Gasteiger partial charge in [0, 0.05) is 38.3 Å². The van der Waals surface area contributed by atoms with Crippen LogP contribution in [0.25, 0.3) is 11.3 Å². The molecule has 2 aromatic heterocycles. The summed E-state index contributed by atoms with van der Waals surface area (Å²) < 4.78 is 8.06. The molecule has 0 bridgehead atoms. The van der Waals surface area contributed by atoms with Crippen LogP contribution in [0.3, 0.4) is 0 Å². The van der Waals surface area contributed by atoms with Crippen LogP contribution in [0.4, 0.5) is 5.82 Å². The second-order valence-corrected chi connectivity index (χ2v) is 12.1. The topological polar surface area (TPSA) is 106 Å². The summed E-state index contributed by atoms with van der Waals surface area (Å²) in [5.41, 5.74) is 11.7. The van der Waals surface area contributed by atoms with Crippen molar-refractivity contribution in [2.24, 2.45) is 5.41 Å². The summed E-state index contributed by atoms with van der Waals surface area (Å²) in [6, 6.07) is 4.77. The van der Waals surface area contributed by atoms with Gasteiger partial charge in [-0.3, -0.25) is 9.58 Å². The number of nitrogen functional groups attached to an aromatic ring is 1. The zero-order valence-corrected chi connectivity index (χ0v) is 22.2. The van der Waals surface area contributed by atoms with Gasteiger partial charge in [-0.2, -0.15) is 5.10 Å². The molecule has 0 radical (unpaired) electrons. The minimum absolute atomic E-state index is 0.259. The molecule has 1 aromatic carbocycles. The minimum Gasteiger partial charge on any atom is -0.433 e. The molecule has 1 aliphatic carbocycles. The number of nitrogens with two attached hydrogens (primary N) is 1. The van der Waals surface area contributed by atoms with Crippen molar-refractivity contribution in [1.29, 1.82) is 0 Å². The molecule has 3 aromatic rings. The monoisotopic (exact) mass is 503 g/mol. The molecule has 9 heteroatoms. The number of hydrogen-bond donors (Lipinski definition) is 2. The van der Waals surface area contributed by atoms with Gasteiger partial charge in [0.25, 0.3) is 5.88 Å². The van der Waals surface area contributed by atoms with Crippen LogP contribution < -0.4 is 10.5 Å². The number of aryl methyl sites for hydroxylation is 1. The molecule has 0 amide bonds. The van der Waals surface area contributed by atoms with Gasteiger partial charge in [0.05, 0.1) is 35.9 Å². The van der Waals surface area contributed by atoms with Crippen molar-refractivity contribution in [2.75, 3.05) is 39.0 Å². The summed E-state index contributed by atoms with van der Waals surface area (Å²) in [6.07, 6.45) is 8.63. The lowest BCUT2D eigenvalue weighted by Crippen LogP contribution is -2.64. The van der Waals surface area contributed by atoms with Crippen molar-refractivity contribution in [1.82, 2.24) is 29.5 Å². The van der Waals surface area contributed by atoms with Gasteiger partial charge in [-0.15, -0.1) is 0 Å². The van der Waals surface area contributed by atoms with E-state index in [-0.39, 0.29) is 5.82 Å². The molecule has 1 saturated carbocycles. The van der Waals surface area contributed by atoms with Crippen LogP contribution in [0.15, 0.2) is 30.7 Å². The van der Waals surface area contributed by atoms with E-state index in [4.69, 9.17) is 15.5 Å². The van der Waals surface area contributed by atoms with Crippen molar-refractivity contribution in [3.05, 3.63) is 47.4 Å². The molecule has 1 spiro atoms. The first kappa shape index (κ1) is 24.3. The van der Waals surface area contributed by atoms with Crippen molar-refractivity contribution >= 4 is 5.82 Å². The van der Waals surface area contributed by atoms with Gasteiger partial charge in [0.1, 0.15) is 0 Å².